The van der Waals surface area contributed by atoms with Crippen molar-refractivity contribution in [2.45, 2.75) is 0 Å². The number of ether oxygens (including phenoxy) is 1. The Bertz CT molecular complexity index is 675. The molecule has 1 saturated heterocycles. The molecule has 2 heterocycles. The quantitative estimate of drug-likeness (QED) is 0.816. The minimum atomic E-state index is -0.214. The van der Waals surface area contributed by atoms with E-state index in [0.717, 1.165) is 13.1 Å². The summed E-state index contributed by atoms with van der Waals surface area (Å²) in [4.78, 5) is 12.3. The van der Waals surface area contributed by atoms with Crippen LogP contribution in [0.3, 0.4) is 0 Å². The average Bonchev–Trinajstić information content (AvgIpc) is 2.99. The monoisotopic (exact) mass is 358 g/mol. The lowest BCUT2D eigenvalue weighted by molar-refractivity contribution is 0.0939. The number of carbonyl (C=O) groups excluding carboxylic acids is 1. The van der Waals surface area contributed by atoms with Gasteiger partial charge in [0.15, 0.2) is 0 Å². The van der Waals surface area contributed by atoms with Crippen molar-refractivity contribution in [3.8, 4) is 11.4 Å². The topological polar surface area (TPSA) is 94.0 Å². The number of hydrogen-bond donors (Lipinski definition) is 2. The maximum atomic E-state index is 12.3. The molecule has 1 aliphatic heterocycles. The highest BCUT2D eigenvalue weighted by Crippen LogP contribution is 2.29. The number of methoxy groups -OCH3 is 1. The molecule has 1 aromatic carbocycles. The fourth-order valence-electron chi connectivity index (χ4n) is 2.16. The van der Waals surface area contributed by atoms with Crippen LogP contribution < -0.4 is 15.4 Å². The highest BCUT2D eigenvalue weighted by atomic mass is 35.5. The summed E-state index contributed by atoms with van der Waals surface area (Å²) in [5, 5.41) is 17.3. The Balaban J connectivity index is 0.00000192. The van der Waals surface area contributed by atoms with Crippen LogP contribution in [0.2, 0.25) is 5.02 Å². The highest BCUT2D eigenvalue weighted by Gasteiger charge is 2.20. The van der Waals surface area contributed by atoms with Crippen molar-refractivity contribution in [2.24, 2.45) is 5.92 Å². The smallest absolute Gasteiger partial charge is 0.255 e. The van der Waals surface area contributed by atoms with Crippen LogP contribution in [0.5, 0.6) is 5.75 Å². The largest absolute Gasteiger partial charge is 0.496 e. The summed E-state index contributed by atoms with van der Waals surface area (Å²) in [5.74, 6) is 0.680. The van der Waals surface area contributed by atoms with E-state index < -0.39 is 0 Å². The Morgan fingerprint density at radius 3 is 2.87 bits per heavy atom. The molecule has 0 aliphatic carbocycles. The molecule has 1 aliphatic rings. The summed E-state index contributed by atoms with van der Waals surface area (Å²) in [6, 6.07) is 3.20. The second-order valence-corrected chi connectivity index (χ2v) is 5.40. The molecule has 0 spiro atoms. The third kappa shape index (κ3) is 3.72. The van der Waals surface area contributed by atoms with E-state index in [9.17, 15) is 4.79 Å². The molecule has 0 bridgehead atoms. The number of carbonyl (C=O) groups is 1. The lowest BCUT2D eigenvalue weighted by Gasteiger charge is -2.27. The first-order valence-corrected chi connectivity index (χ1v) is 7.16. The van der Waals surface area contributed by atoms with Gasteiger partial charge in [0.2, 0.25) is 0 Å². The Hall–Kier alpha value is -1.90. The zero-order valence-electron chi connectivity index (χ0n) is 12.3. The fraction of sp³-hybridized carbons (Fsp3) is 0.385. The van der Waals surface area contributed by atoms with Crippen molar-refractivity contribution in [3.63, 3.8) is 0 Å². The molecule has 0 atom stereocenters. The van der Waals surface area contributed by atoms with Crippen LogP contribution in [0.1, 0.15) is 10.4 Å². The molecule has 1 aromatic heterocycles. The second kappa shape index (κ2) is 7.58. The average molecular weight is 359 g/mol. The van der Waals surface area contributed by atoms with Crippen LogP contribution in [0.15, 0.2) is 18.5 Å². The molecule has 8 nitrogen and oxygen atoms in total. The van der Waals surface area contributed by atoms with Crippen LogP contribution in [0.4, 0.5) is 0 Å². The molecule has 0 unspecified atom stereocenters. The van der Waals surface area contributed by atoms with Crippen molar-refractivity contribution in [1.82, 2.24) is 30.8 Å². The molecule has 10 heteroatoms. The molecule has 1 amide bonds. The van der Waals surface area contributed by atoms with Crippen molar-refractivity contribution in [3.05, 3.63) is 29.0 Å². The van der Waals surface area contributed by atoms with E-state index in [1.807, 2.05) is 0 Å². The number of nitrogens with zero attached hydrogens (tertiary/aromatic N) is 4. The van der Waals surface area contributed by atoms with Crippen LogP contribution in [-0.2, 0) is 0 Å². The maximum Gasteiger partial charge on any atom is 0.255 e. The predicted molar refractivity (Wildman–Crippen MR) is 86.7 cm³/mol. The van der Waals surface area contributed by atoms with Crippen LogP contribution in [-0.4, -0.2) is 52.9 Å². The van der Waals surface area contributed by atoms with Crippen molar-refractivity contribution in [2.75, 3.05) is 26.7 Å². The van der Waals surface area contributed by atoms with Crippen molar-refractivity contribution in [1.29, 1.82) is 0 Å². The molecule has 0 radical (unpaired) electrons. The lowest BCUT2D eigenvalue weighted by atomic mass is 10.0. The summed E-state index contributed by atoms with van der Waals surface area (Å²) in [6.07, 6.45) is 1.42. The van der Waals surface area contributed by atoms with Gasteiger partial charge < -0.3 is 15.4 Å². The van der Waals surface area contributed by atoms with Gasteiger partial charge in [-0.3, -0.25) is 4.79 Å². The molecule has 1 fully saturated rings. The van der Waals surface area contributed by atoms with Gasteiger partial charge in [-0.2, -0.15) is 4.68 Å². The number of nitrogens with one attached hydrogen (secondary N) is 2. The Kier molecular flexibility index (Phi) is 5.75. The normalized spacial score (nSPS) is 13.8. The van der Waals surface area contributed by atoms with Crippen LogP contribution in [0.25, 0.3) is 5.69 Å². The van der Waals surface area contributed by atoms with Crippen molar-refractivity contribution >= 4 is 29.9 Å². The number of rotatable bonds is 5. The van der Waals surface area contributed by atoms with E-state index in [0.29, 0.717) is 34.5 Å². The van der Waals surface area contributed by atoms with Gasteiger partial charge in [-0.1, -0.05) is 11.6 Å². The van der Waals surface area contributed by atoms with Crippen molar-refractivity contribution < 1.29 is 9.53 Å². The summed E-state index contributed by atoms with van der Waals surface area (Å²) in [5.41, 5.74) is 0.930. The summed E-state index contributed by atoms with van der Waals surface area (Å²) in [6.45, 7) is 2.48. The second-order valence-electron chi connectivity index (χ2n) is 4.99. The molecule has 3 rings (SSSR count). The summed E-state index contributed by atoms with van der Waals surface area (Å²) >= 11 is 6.23. The minimum Gasteiger partial charge on any atom is -0.496 e. The number of benzene rings is 1. The molecular weight excluding hydrogens is 343 g/mol. The number of halogens is 2. The van der Waals surface area contributed by atoms with Gasteiger partial charge in [-0.15, -0.1) is 17.5 Å². The van der Waals surface area contributed by atoms with Gasteiger partial charge in [0.25, 0.3) is 5.91 Å². The molecule has 0 saturated carbocycles. The SMILES string of the molecule is COc1cc(-n2cnnn2)c(Cl)cc1C(=O)NCC1CNC1.Cl. The first-order valence-electron chi connectivity index (χ1n) is 6.79. The molecule has 2 N–H and O–H groups in total. The van der Waals surface area contributed by atoms with E-state index >= 15 is 0 Å². The maximum absolute atomic E-state index is 12.3. The first kappa shape index (κ1) is 17.5. The third-order valence-corrected chi connectivity index (χ3v) is 3.83. The van der Waals surface area contributed by atoms with Crippen LogP contribution in [0, 0.1) is 5.92 Å². The van der Waals surface area contributed by atoms with E-state index in [1.54, 1.807) is 12.1 Å². The first-order chi connectivity index (χ1) is 10.7. The van der Waals surface area contributed by atoms with E-state index in [4.69, 9.17) is 16.3 Å². The minimum absolute atomic E-state index is 0. The number of hydrogen-bond acceptors (Lipinski definition) is 6. The van der Waals surface area contributed by atoms with Gasteiger partial charge in [0.1, 0.15) is 12.1 Å². The van der Waals surface area contributed by atoms with E-state index in [2.05, 4.69) is 26.2 Å². The standard InChI is InChI=1S/C13H15ClN6O2.ClH/c1-22-12-3-11(20-7-17-18-19-20)10(14)2-9(12)13(21)16-6-8-4-15-5-8;/h2-3,7-8,15H,4-6H2,1H3,(H,16,21);1H. The summed E-state index contributed by atoms with van der Waals surface area (Å²) < 4.78 is 6.70. The predicted octanol–water partition coefficient (Wildman–Crippen LogP) is 0.695. The Labute approximate surface area is 143 Å². The van der Waals surface area contributed by atoms with Crippen LogP contribution >= 0.6 is 24.0 Å². The molecule has 2 aromatic rings. The zero-order valence-corrected chi connectivity index (χ0v) is 13.9. The Morgan fingerprint density at radius 2 is 2.30 bits per heavy atom. The zero-order chi connectivity index (χ0) is 15.5. The Morgan fingerprint density at radius 1 is 1.52 bits per heavy atom. The molecular formula is C13H16Cl2N6O2. The third-order valence-electron chi connectivity index (χ3n) is 3.53. The van der Waals surface area contributed by atoms with Gasteiger partial charge in [0.05, 0.1) is 23.4 Å². The lowest BCUT2D eigenvalue weighted by Crippen LogP contribution is -2.48. The number of amides is 1. The molecule has 124 valence electrons. The van der Waals surface area contributed by atoms with Gasteiger partial charge in [0, 0.05) is 31.6 Å². The van der Waals surface area contributed by atoms with E-state index in [-0.39, 0.29) is 18.3 Å². The number of tetrazole rings is 1. The number of aromatic nitrogens is 4. The van der Waals surface area contributed by atoms with Gasteiger partial charge in [-0.05, 0) is 16.5 Å². The highest BCUT2D eigenvalue weighted by molar-refractivity contribution is 6.33. The van der Waals surface area contributed by atoms with E-state index in [1.165, 1.54) is 18.1 Å². The van der Waals surface area contributed by atoms with Gasteiger partial charge >= 0.3 is 0 Å². The molecule has 23 heavy (non-hydrogen) atoms. The summed E-state index contributed by atoms with van der Waals surface area (Å²) in [7, 11) is 1.50. The fourth-order valence-corrected chi connectivity index (χ4v) is 2.41. The van der Waals surface area contributed by atoms with Gasteiger partial charge in [-0.25, -0.2) is 0 Å².